The third-order valence-electron chi connectivity index (χ3n) is 3.62. The highest BCUT2D eigenvalue weighted by Crippen LogP contribution is 2.19. The van der Waals surface area contributed by atoms with Gasteiger partial charge in [0.15, 0.2) is 5.11 Å². The van der Waals surface area contributed by atoms with Gasteiger partial charge in [-0.25, -0.2) is 12.7 Å². The van der Waals surface area contributed by atoms with Gasteiger partial charge in [0.05, 0.1) is 11.0 Å². The Morgan fingerprint density at radius 3 is 2.59 bits per heavy atom. The number of nitrogens with one attached hydrogen (secondary N) is 1. The first-order valence-electron chi connectivity index (χ1n) is 7.07. The van der Waals surface area contributed by atoms with Crippen molar-refractivity contribution in [3.05, 3.63) is 24.3 Å². The lowest BCUT2D eigenvalue weighted by atomic mass is 10.1. The lowest BCUT2D eigenvalue weighted by molar-refractivity contribution is 0.110. The number of nitrogens with zero attached hydrogens (tertiary/aromatic N) is 2. The fraction of sp³-hybridized carbons (Fsp3) is 0.500. The minimum atomic E-state index is -3.46. The number of likely N-dealkylation sites (tertiary alicyclic amines) is 1. The van der Waals surface area contributed by atoms with Gasteiger partial charge in [-0.1, -0.05) is 6.07 Å². The van der Waals surface area contributed by atoms with E-state index in [1.54, 1.807) is 24.3 Å². The summed E-state index contributed by atoms with van der Waals surface area (Å²) in [5, 5.41) is 13.1. The Kier molecular flexibility index (Phi) is 5.38. The maximum atomic E-state index is 12.1. The summed E-state index contributed by atoms with van der Waals surface area (Å²) in [6.07, 6.45) is 1.13. The first kappa shape index (κ1) is 17.1. The average Bonchev–Trinajstić information content (AvgIpc) is 2.48. The van der Waals surface area contributed by atoms with E-state index < -0.39 is 10.0 Å². The van der Waals surface area contributed by atoms with Gasteiger partial charge in [0.2, 0.25) is 10.0 Å². The van der Waals surface area contributed by atoms with Crippen molar-refractivity contribution in [3.63, 3.8) is 0 Å². The van der Waals surface area contributed by atoms with Crippen molar-refractivity contribution in [2.24, 2.45) is 0 Å². The van der Waals surface area contributed by atoms with E-state index in [1.807, 2.05) is 4.90 Å². The van der Waals surface area contributed by atoms with E-state index in [0.717, 1.165) is 0 Å². The van der Waals surface area contributed by atoms with E-state index in [0.29, 0.717) is 36.7 Å². The predicted molar refractivity (Wildman–Crippen MR) is 90.3 cm³/mol. The second-order valence-electron chi connectivity index (χ2n) is 5.46. The summed E-state index contributed by atoms with van der Waals surface area (Å²) in [5.74, 6) is 0. The third kappa shape index (κ3) is 3.95. The van der Waals surface area contributed by atoms with Gasteiger partial charge in [-0.2, -0.15) is 0 Å². The molecule has 0 spiro atoms. The van der Waals surface area contributed by atoms with E-state index in [1.165, 1.54) is 18.4 Å². The molecule has 2 N–H and O–H groups in total. The number of benzene rings is 1. The fourth-order valence-corrected chi connectivity index (χ4v) is 3.47. The highest BCUT2D eigenvalue weighted by Gasteiger charge is 2.20. The molecule has 2 rings (SSSR count). The highest BCUT2D eigenvalue weighted by atomic mass is 32.2. The summed E-state index contributed by atoms with van der Waals surface area (Å²) < 4.78 is 25.4. The normalized spacial score (nSPS) is 16.8. The Labute approximate surface area is 136 Å². The second kappa shape index (κ2) is 6.91. The molecule has 6 nitrogen and oxygen atoms in total. The van der Waals surface area contributed by atoms with Crippen molar-refractivity contribution < 1.29 is 13.5 Å². The van der Waals surface area contributed by atoms with Crippen LogP contribution in [-0.4, -0.2) is 61.1 Å². The first-order chi connectivity index (χ1) is 10.3. The Hall–Kier alpha value is -1.22. The molecule has 1 aliphatic rings. The number of hydrogen-bond donors (Lipinski definition) is 2. The SMILES string of the molecule is CN(C)S(=O)(=O)c1cccc(NC(=S)N2CCC(O)CC2)c1. The van der Waals surface area contributed by atoms with Gasteiger partial charge in [0.1, 0.15) is 0 Å². The van der Waals surface area contributed by atoms with Crippen molar-refractivity contribution in [2.45, 2.75) is 23.8 Å². The molecular weight excluding hydrogens is 322 g/mol. The molecule has 1 fully saturated rings. The molecule has 1 aliphatic heterocycles. The number of aliphatic hydroxyl groups excluding tert-OH is 1. The zero-order chi connectivity index (χ0) is 16.3. The van der Waals surface area contributed by atoms with Crippen LogP contribution in [0.2, 0.25) is 0 Å². The van der Waals surface area contributed by atoms with Crippen molar-refractivity contribution in [1.82, 2.24) is 9.21 Å². The molecule has 0 saturated carbocycles. The number of thiocarbonyl (C=S) groups is 1. The third-order valence-corrected chi connectivity index (χ3v) is 5.79. The average molecular weight is 343 g/mol. The molecule has 0 atom stereocenters. The molecule has 1 aromatic rings. The monoisotopic (exact) mass is 343 g/mol. The van der Waals surface area contributed by atoms with E-state index in [9.17, 15) is 13.5 Å². The molecular formula is C14H21N3O3S2. The Bertz CT molecular complexity index is 638. The molecule has 0 amide bonds. The molecule has 0 radical (unpaired) electrons. The fourth-order valence-electron chi connectivity index (χ4n) is 2.22. The number of sulfonamides is 1. The number of hydrogen-bond acceptors (Lipinski definition) is 4. The van der Waals surface area contributed by atoms with E-state index >= 15 is 0 Å². The van der Waals surface area contributed by atoms with Crippen molar-refractivity contribution in [2.75, 3.05) is 32.5 Å². The van der Waals surface area contributed by atoms with E-state index in [4.69, 9.17) is 12.2 Å². The summed E-state index contributed by atoms with van der Waals surface area (Å²) in [7, 11) is -0.466. The van der Waals surface area contributed by atoms with E-state index in [-0.39, 0.29) is 11.0 Å². The topological polar surface area (TPSA) is 72.9 Å². The second-order valence-corrected chi connectivity index (χ2v) is 8.00. The molecule has 22 heavy (non-hydrogen) atoms. The molecule has 1 heterocycles. The van der Waals surface area contributed by atoms with Gasteiger partial charge in [0.25, 0.3) is 0 Å². The lowest BCUT2D eigenvalue weighted by Gasteiger charge is -2.31. The summed E-state index contributed by atoms with van der Waals surface area (Å²) in [5.41, 5.74) is 0.638. The quantitative estimate of drug-likeness (QED) is 0.801. The number of aliphatic hydroxyl groups is 1. The summed E-state index contributed by atoms with van der Waals surface area (Å²) in [6, 6.07) is 6.59. The van der Waals surface area contributed by atoms with Crippen LogP contribution in [0.25, 0.3) is 0 Å². The number of piperidine rings is 1. The predicted octanol–water partition coefficient (Wildman–Crippen LogP) is 1.09. The largest absolute Gasteiger partial charge is 0.393 e. The van der Waals surface area contributed by atoms with Crippen LogP contribution in [-0.2, 0) is 10.0 Å². The van der Waals surface area contributed by atoms with Gasteiger partial charge in [-0.3, -0.25) is 0 Å². The van der Waals surface area contributed by atoms with Crippen LogP contribution in [0, 0.1) is 0 Å². The summed E-state index contributed by atoms with van der Waals surface area (Å²) in [4.78, 5) is 2.20. The summed E-state index contributed by atoms with van der Waals surface area (Å²) in [6.45, 7) is 1.39. The van der Waals surface area contributed by atoms with Gasteiger partial charge < -0.3 is 15.3 Å². The van der Waals surface area contributed by atoms with Gasteiger partial charge in [0, 0.05) is 32.9 Å². The minimum absolute atomic E-state index is 0.222. The van der Waals surface area contributed by atoms with Gasteiger partial charge in [-0.05, 0) is 43.3 Å². The maximum absolute atomic E-state index is 12.1. The summed E-state index contributed by atoms with van der Waals surface area (Å²) >= 11 is 5.36. The van der Waals surface area contributed by atoms with Crippen molar-refractivity contribution in [3.8, 4) is 0 Å². The lowest BCUT2D eigenvalue weighted by Crippen LogP contribution is -2.42. The van der Waals surface area contributed by atoms with Crippen LogP contribution in [0.1, 0.15) is 12.8 Å². The van der Waals surface area contributed by atoms with Crippen LogP contribution in [0.5, 0.6) is 0 Å². The molecule has 0 aliphatic carbocycles. The smallest absolute Gasteiger partial charge is 0.242 e. The highest BCUT2D eigenvalue weighted by molar-refractivity contribution is 7.89. The zero-order valence-electron chi connectivity index (χ0n) is 12.7. The Balaban J connectivity index is 2.09. The van der Waals surface area contributed by atoms with Crippen molar-refractivity contribution >= 4 is 33.0 Å². The van der Waals surface area contributed by atoms with Crippen LogP contribution in [0.4, 0.5) is 5.69 Å². The van der Waals surface area contributed by atoms with Crippen LogP contribution in [0.3, 0.4) is 0 Å². The Morgan fingerprint density at radius 2 is 2.00 bits per heavy atom. The minimum Gasteiger partial charge on any atom is -0.393 e. The first-order valence-corrected chi connectivity index (χ1v) is 8.92. The molecule has 122 valence electrons. The van der Waals surface area contributed by atoms with Crippen LogP contribution in [0.15, 0.2) is 29.2 Å². The standard InChI is InChI=1S/C14H21N3O3S2/c1-16(2)22(19,20)13-5-3-4-11(10-13)15-14(21)17-8-6-12(18)7-9-17/h3-5,10,12,18H,6-9H2,1-2H3,(H,15,21). The molecule has 8 heteroatoms. The molecule has 0 unspecified atom stereocenters. The zero-order valence-corrected chi connectivity index (χ0v) is 14.3. The molecule has 0 aromatic heterocycles. The number of anilines is 1. The maximum Gasteiger partial charge on any atom is 0.242 e. The molecule has 1 aromatic carbocycles. The van der Waals surface area contributed by atoms with Crippen LogP contribution < -0.4 is 5.32 Å². The van der Waals surface area contributed by atoms with Gasteiger partial charge in [-0.15, -0.1) is 0 Å². The van der Waals surface area contributed by atoms with Crippen molar-refractivity contribution in [1.29, 1.82) is 0 Å². The van der Waals surface area contributed by atoms with Crippen LogP contribution >= 0.6 is 12.2 Å². The van der Waals surface area contributed by atoms with Gasteiger partial charge >= 0.3 is 0 Å². The molecule has 1 saturated heterocycles. The number of rotatable bonds is 3. The van der Waals surface area contributed by atoms with E-state index in [2.05, 4.69) is 5.32 Å². The Morgan fingerprint density at radius 1 is 1.36 bits per heavy atom. The molecule has 0 bridgehead atoms.